The van der Waals surface area contributed by atoms with Crippen molar-refractivity contribution < 1.29 is 13.2 Å². The SMILES string of the molecule is Cc1cc(C(F)(F)F)cnc1-c1nnc2c([C@@H]3CCCN(C)C3)cccc2c1C. The van der Waals surface area contributed by atoms with Gasteiger partial charge in [-0.15, -0.1) is 10.2 Å². The van der Waals surface area contributed by atoms with Crippen LogP contribution in [0.5, 0.6) is 0 Å². The topological polar surface area (TPSA) is 41.9 Å². The van der Waals surface area contributed by atoms with Crippen LogP contribution in [0.4, 0.5) is 13.2 Å². The Morgan fingerprint density at radius 1 is 1.10 bits per heavy atom. The number of fused-ring (bicyclic) bond motifs is 1. The summed E-state index contributed by atoms with van der Waals surface area (Å²) in [7, 11) is 2.13. The van der Waals surface area contributed by atoms with Gasteiger partial charge in [0.2, 0.25) is 0 Å². The van der Waals surface area contributed by atoms with Crippen molar-refractivity contribution in [3.05, 3.63) is 52.7 Å². The zero-order valence-corrected chi connectivity index (χ0v) is 16.7. The van der Waals surface area contributed by atoms with E-state index in [1.807, 2.05) is 19.1 Å². The molecule has 0 radical (unpaired) electrons. The second-order valence-corrected chi connectivity index (χ2v) is 7.91. The fourth-order valence-corrected chi connectivity index (χ4v) is 4.23. The molecule has 1 aliphatic heterocycles. The number of likely N-dealkylation sites (tertiary alicyclic amines) is 1. The first-order valence-corrected chi connectivity index (χ1v) is 9.74. The standard InChI is InChI=1S/C22H23F3N4/c1-13-10-16(22(23,24)25)11-26-19(13)20-14(2)17-7-4-8-18(21(17)28-27-20)15-6-5-9-29(3)12-15/h4,7-8,10-11,15H,5-6,9,12H2,1-3H3/t15-/m1/s1. The zero-order chi connectivity index (χ0) is 20.8. The molecule has 3 heterocycles. The number of hydrogen-bond acceptors (Lipinski definition) is 4. The first-order chi connectivity index (χ1) is 13.8. The summed E-state index contributed by atoms with van der Waals surface area (Å²) in [5, 5.41) is 9.87. The van der Waals surface area contributed by atoms with Crippen molar-refractivity contribution in [2.24, 2.45) is 0 Å². The molecule has 4 nitrogen and oxygen atoms in total. The van der Waals surface area contributed by atoms with Gasteiger partial charge >= 0.3 is 6.18 Å². The van der Waals surface area contributed by atoms with Crippen molar-refractivity contribution in [3.63, 3.8) is 0 Å². The molecule has 29 heavy (non-hydrogen) atoms. The molecule has 1 fully saturated rings. The number of benzene rings is 1. The van der Waals surface area contributed by atoms with Gasteiger partial charge in [0.1, 0.15) is 5.69 Å². The van der Waals surface area contributed by atoms with Crippen molar-refractivity contribution >= 4 is 10.9 Å². The number of hydrogen-bond donors (Lipinski definition) is 0. The predicted molar refractivity (Wildman–Crippen MR) is 107 cm³/mol. The van der Waals surface area contributed by atoms with E-state index < -0.39 is 11.7 Å². The van der Waals surface area contributed by atoms with Gasteiger partial charge in [0.05, 0.1) is 16.8 Å². The Hall–Kier alpha value is -2.54. The Bertz CT molecular complexity index is 1060. The van der Waals surface area contributed by atoms with E-state index in [0.29, 0.717) is 22.9 Å². The fraction of sp³-hybridized carbons (Fsp3) is 0.409. The number of alkyl halides is 3. The molecular formula is C22H23F3N4. The first-order valence-electron chi connectivity index (χ1n) is 9.74. The molecule has 4 rings (SSSR count). The van der Waals surface area contributed by atoms with Gasteiger partial charge in [0.25, 0.3) is 0 Å². The van der Waals surface area contributed by atoms with Gasteiger partial charge in [-0.1, -0.05) is 18.2 Å². The van der Waals surface area contributed by atoms with E-state index in [2.05, 4.69) is 33.2 Å². The van der Waals surface area contributed by atoms with Crippen LogP contribution in [0, 0.1) is 13.8 Å². The van der Waals surface area contributed by atoms with Crippen LogP contribution < -0.4 is 0 Å². The quantitative estimate of drug-likeness (QED) is 0.598. The summed E-state index contributed by atoms with van der Waals surface area (Å²) in [6, 6.07) is 7.25. The lowest BCUT2D eigenvalue weighted by atomic mass is 9.88. The normalized spacial score (nSPS) is 18.3. The summed E-state index contributed by atoms with van der Waals surface area (Å²) in [6.45, 7) is 5.65. The highest BCUT2D eigenvalue weighted by atomic mass is 19.4. The third kappa shape index (κ3) is 3.71. The van der Waals surface area contributed by atoms with Crippen LogP contribution >= 0.6 is 0 Å². The summed E-state index contributed by atoms with van der Waals surface area (Å²) in [6.07, 6.45) is -1.29. The fourth-order valence-electron chi connectivity index (χ4n) is 4.23. The van der Waals surface area contributed by atoms with Crippen LogP contribution in [-0.4, -0.2) is 40.2 Å². The number of pyridine rings is 1. The van der Waals surface area contributed by atoms with E-state index in [0.717, 1.165) is 54.7 Å². The summed E-state index contributed by atoms with van der Waals surface area (Å²) in [5.41, 5.74) is 3.59. The molecule has 1 aromatic carbocycles. The minimum absolute atomic E-state index is 0.405. The molecule has 0 bridgehead atoms. The van der Waals surface area contributed by atoms with Crippen LogP contribution in [0.15, 0.2) is 30.5 Å². The number of aryl methyl sites for hydroxylation is 2. The summed E-state index contributed by atoms with van der Waals surface area (Å²) in [5.74, 6) is 0.405. The van der Waals surface area contributed by atoms with Gasteiger partial charge in [0.15, 0.2) is 0 Å². The molecule has 152 valence electrons. The van der Waals surface area contributed by atoms with Crippen LogP contribution in [0.1, 0.15) is 41.0 Å². The third-order valence-corrected chi connectivity index (χ3v) is 5.77. The number of rotatable bonds is 2. The largest absolute Gasteiger partial charge is 0.417 e. The Morgan fingerprint density at radius 2 is 1.90 bits per heavy atom. The molecule has 1 atom stereocenters. The molecule has 0 amide bonds. The molecule has 0 aliphatic carbocycles. The van der Waals surface area contributed by atoms with E-state index >= 15 is 0 Å². The van der Waals surface area contributed by atoms with Crippen molar-refractivity contribution in [3.8, 4) is 11.4 Å². The van der Waals surface area contributed by atoms with Crippen molar-refractivity contribution in [2.45, 2.75) is 38.8 Å². The van der Waals surface area contributed by atoms with Crippen molar-refractivity contribution in [1.29, 1.82) is 0 Å². The molecule has 2 aromatic heterocycles. The van der Waals surface area contributed by atoms with Gasteiger partial charge in [-0.25, -0.2) is 0 Å². The molecule has 3 aromatic rings. The van der Waals surface area contributed by atoms with E-state index in [1.165, 1.54) is 5.56 Å². The van der Waals surface area contributed by atoms with Gasteiger partial charge in [-0.2, -0.15) is 13.2 Å². The van der Waals surface area contributed by atoms with Gasteiger partial charge in [0, 0.05) is 18.1 Å². The van der Waals surface area contributed by atoms with Crippen LogP contribution in [-0.2, 0) is 6.18 Å². The lowest BCUT2D eigenvalue weighted by Crippen LogP contribution is -2.31. The number of likely N-dealkylation sites (N-methyl/N-ethyl adjacent to an activating group) is 1. The monoisotopic (exact) mass is 400 g/mol. The Balaban J connectivity index is 1.80. The molecular weight excluding hydrogens is 377 g/mol. The molecule has 0 N–H and O–H groups in total. The molecule has 0 spiro atoms. The number of aromatic nitrogens is 3. The van der Waals surface area contributed by atoms with Gasteiger partial charge < -0.3 is 4.90 Å². The smallest absolute Gasteiger partial charge is 0.306 e. The maximum Gasteiger partial charge on any atom is 0.417 e. The van der Waals surface area contributed by atoms with E-state index in [1.54, 1.807) is 6.92 Å². The number of piperidine rings is 1. The van der Waals surface area contributed by atoms with Crippen LogP contribution in [0.3, 0.4) is 0 Å². The maximum atomic E-state index is 13.0. The minimum atomic E-state index is -4.41. The minimum Gasteiger partial charge on any atom is -0.306 e. The van der Waals surface area contributed by atoms with E-state index in [9.17, 15) is 13.2 Å². The molecule has 1 saturated heterocycles. The number of nitrogens with zero attached hydrogens (tertiary/aromatic N) is 4. The molecule has 1 aliphatic rings. The second-order valence-electron chi connectivity index (χ2n) is 7.91. The number of halogens is 3. The van der Waals surface area contributed by atoms with E-state index in [4.69, 9.17) is 0 Å². The van der Waals surface area contributed by atoms with Crippen molar-refractivity contribution in [2.75, 3.05) is 20.1 Å². The maximum absolute atomic E-state index is 13.0. The highest BCUT2D eigenvalue weighted by Gasteiger charge is 2.31. The Kier molecular flexibility index (Phi) is 5.02. The highest BCUT2D eigenvalue weighted by Crippen LogP contribution is 2.35. The van der Waals surface area contributed by atoms with Gasteiger partial charge in [-0.3, -0.25) is 4.98 Å². The summed E-state index contributed by atoms with van der Waals surface area (Å²) < 4.78 is 38.9. The Labute approximate surface area is 167 Å². The average molecular weight is 400 g/mol. The summed E-state index contributed by atoms with van der Waals surface area (Å²) >= 11 is 0. The molecule has 7 heteroatoms. The average Bonchev–Trinajstić information content (AvgIpc) is 2.68. The first kappa shape index (κ1) is 19.8. The lowest BCUT2D eigenvalue weighted by Gasteiger charge is -2.30. The van der Waals surface area contributed by atoms with Crippen LogP contribution in [0.25, 0.3) is 22.3 Å². The highest BCUT2D eigenvalue weighted by molar-refractivity contribution is 5.89. The van der Waals surface area contributed by atoms with Crippen LogP contribution in [0.2, 0.25) is 0 Å². The zero-order valence-electron chi connectivity index (χ0n) is 16.7. The molecule has 0 unspecified atom stereocenters. The lowest BCUT2D eigenvalue weighted by molar-refractivity contribution is -0.137. The predicted octanol–water partition coefficient (Wildman–Crippen LogP) is 5.14. The molecule has 0 saturated carbocycles. The van der Waals surface area contributed by atoms with Crippen molar-refractivity contribution in [1.82, 2.24) is 20.1 Å². The van der Waals surface area contributed by atoms with E-state index in [-0.39, 0.29) is 0 Å². The second kappa shape index (κ2) is 7.37. The third-order valence-electron chi connectivity index (χ3n) is 5.77. The summed E-state index contributed by atoms with van der Waals surface area (Å²) in [4.78, 5) is 6.41. The van der Waals surface area contributed by atoms with Gasteiger partial charge in [-0.05, 0) is 69.0 Å². The Morgan fingerprint density at radius 3 is 2.59 bits per heavy atom.